The molecule has 1 aliphatic heterocycles. The van der Waals surface area contributed by atoms with E-state index in [2.05, 4.69) is 5.32 Å². The molecule has 0 aromatic heterocycles. The van der Waals surface area contributed by atoms with Crippen LogP contribution in [0.5, 0.6) is 0 Å². The summed E-state index contributed by atoms with van der Waals surface area (Å²) < 4.78 is 0. The zero-order chi connectivity index (χ0) is 12.1. The molecule has 0 radical (unpaired) electrons. The summed E-state index contributed by atoms with van der Waals surface area (Å²) in [5, 5.41) is 3.39. The van der Waals surface area contributed by atoms with Crippen LogP contribution >= 0.6 is 11.8 Å². The minimum atomic E-state index is -0.0909. The van der Waals surface area contributed by atoms with Crippen molar-refractivity contribution in [2.75, 3.05) is 6.54 Å². The third-order valence-corrected chi connectivity index (χ3v) is 4.16. The first-order valence-corrected chi connectivity index (χ1v) is 6.66. The van der Waals surface area contributed by atoms with E-state index in [1.54, 1.807) is 11.8 Å². The average Bonchev–Trinajstić information content (AvgIpc) is 2.85. The van der Waals surface area contributed by atoms with Crippen molar-refractivity contribution in [3.63, 3.8) is 0 Å². The Hall–Kier alpha value is -1.13. The van der Waals surface area contributed by atoms with Crippen LogP contribution in [-0.4, -0.2) is 29.2 Å². The smallest absolute Gasteiger partial charge is 0.162 e. The molecule has 2 rings (SSSR count). The number of hydrogen-bond donors (Lipinski definition) is 1. The molecule has 17 heavy (non-hydrogen) atoms. The third-order valence-electron chi connectivity index (χ3n) is 2.80. The molecule has 1 fully saturated rings. The highest BCUT2D eigenvalue weighted by molar-refractivity contribution is 8.01. The summed E-state index contributed by atoms with van der Waals surface area (Å²) in [5.74, 6) is 0.181. The predicted octanol–water partition coefficient (Wildman–Crippen LogP) is 1.88. The predicted molar refractivity (Wildman–Crippen MR) is 69.2 cm³/mol. The number of aldehydes is 1. The van der Waals surface area contributed by atoms with Gasteiger partial charge in [-0.3, -0.25) is 10.1 Å². The van der Waals surface area contributed by atoms with Crippen LogP contribution in [0.1, 0.15) is 23.2 Å². The molecule has 1 N–H and O–H groups in total. The fourth-order valence-electron chi connectivity index (χ4n) is 1.86. The number of carbonyl (C=O) groups excluding carboxylic acids is 2. The van der Waals surface area contributed by atoms with E-state index >= 15 is 0 Å². The summed E-state index contributed by atoms with van der Waals surface area (Å²) >= 11 is 1.62. The third kappa shape index (κ3) is 3.41. The molecule has 1 saturated heterocycles. The molecule has 4 heteroatoms. The van der Waals surface area contributed by atoms with E-state index in [1.165, 1.54) is 0 Å². The van der Waals surface area contributed by atoms with E-state index < -0.39 is 0 Å². The van der Waals surface area contributed by atoms with Gasteiger partial charge in [0.05, 0.1) is 0 Å². The molecule has 1 heterocycles. The van der Waals surface area contributed by atoms with Gasteiger partial charge in [-0.1, -0.05) is 30.3 Å². The van der Waals surface area contributed by atoms with Crippen molar-refractivity contribution in [2.45, 2.75) is 23.5 Å². The minimum absolute atomic E-state index is 0.0909. The highest BCUT2D eigenvalue weighted by Gasteiger charge is 2.24. The zero-order valence-corrected chi connectivity index (χ0v) is 10.3. The van der Waals surface area contributed by atoms with Crippen molar-refractivity contribution in [1.29, 1.82) is 0 Å². The quantitative estimate of drug-likeness (QED) is 0.639. The molecule has 0 aliphatic carbocycles. The summed E-state index contributed by atoms with van der Waals surface area (Å²) in [6.07, 6.45) is 2.30. The first-order valence-electron chi connectivity index (χ1n) is 5.72. The van der Waals surface area contributed by atoms with E-state index in [-0.39, 0.29) is 11.2 Å². The SMILES string of the molecule is O=CC1NCC(CCC(=O)c2ccccc2)S1. The number of benzene rings is 1. The van der Waals surface area contributed by atoms with Gasteiger partial charge < -0.3 is 4.79 Å². The van der Waals surface area contributed by atoms with E-state index in [4.69, 9.17) is 0 Å². The minimum Gasteiger partial charge on any atom is -0.301 e. The zero-order valence-electron chi connectivity index (χ0n) is 9.46. The maximum Gasteiger partial charge on any atom is 0.162 e. The number of Topliss-reactive ketones (excluding diaryl/α,β-unsaturated/α-hetero) is 1. The van der Waals surface area contributed by atoms with Gasteiger partial charge in [-0.25, -0.2) is 0 Å². The Labute approximate surface area is 105 Å². The maximum absolute atomic E-state index is 11.9. The summed E-state index contributed by atoms with van der Waals surface area (Å²) in [6, 6.07) is 9.35. The molecule has 3 nitrogen and oxygen atoms in total. The summed E-state index contributed by atoms with van der Waals surface area (Å²) in [4.78, 5) is 22.4. The normalized spacial score (nSPS) is 23.5. The highest BCUT2D eigenvalue weighted by atomic mass is 32.2. The Balaban J connectivity index is 1.79. The number of rotatable bonds is 5. The molecule has 1 aliphatic rings. The van der Waals surface area contributed by atoms with E-state index in [1.807, 2.05) is 30.3 Å². The molecule has 2 unspecified atom stereocenters. The molecule has 1 aromatic rings. The number of hydrogen-bond acceptors (Lipinski definition) is 4. The van der Waals surface area contributed by atoms with Gasteiger partial charge in [-0.15, -0.1) is 11.8 Å². The number of nitrogens with one attached hydrogen (secondary N) is 1. The number of thioether (sulfide) groups is 1. The summed E-state index contributed by atoms with van der Waals surface area (Å²) in [6.45, 7) is 0.816. The Morgan fingerprint density at radius 1 is 1.41 bits per heavy atom. The van der Waals surface area contributed by atoms with Crippen LogP contribution in [0.4, 0.5) is 0 Å². The summed E-state index contributed by atoms with van der Waals surface area (Å²) in [7, 11) is 0. The second kappa shape index (κ2) is 5.98. The number of carbonyl (C=O) groups is 2. The Bertz CT molecular complexity index is 394. The molecular weight excluding hydrogens is 234 g/mol. The molecule has 2 atom stereocenters. The Morgan fingerprint density at radius 2 is 2.18 bits per heavy atom. The lowest BCUT2D eigenvalue weighted by Gasteiger charge is -2.06. The first kappa shape index (κ1) is 12.3. The lowest BCUT2D eigenvalue weighted by atomic mass is 10.1. The second-order valence-corrected chi connectivity index (χ2v) is 5.50. The summed E-state index contributed by atoms with van der Waals surface area (Å²) in [5.41, 5.74) is 0.774. The average molecular weight is 249 g/mol. The highest BCUT2D eigenvalue weighted by Crippen LogP contribution is 2.25. The van der Waals surface area contributed by atoms with Gasteiger partial charge in [-0.2, -0.15) is 0 Å². The van der Waals surface area contributed by atoms with Crippen LogP contribution in [-0.2, 0) is 4.79 Å². The molecule has 0 bridgehead atoms. The topological polar surface area (TPSA) is 46.2 Å². The lowest BCUT2D eigenvalue weighted by Crippen LogP contribution is -2.21. The molecule has 0 amide bonds. The van der Waals surface area contributed by atoms with Gasteiger partial charge in [0.25, 0.3) is 0 Å². The van der Waals surface area contributed by atoms with Crippen molar-refractivity contribution in [3.8, 4) is 0 Å². The van der Waals surface area contributed by atoms with E-state index in [0.717, 1.165) is 24.8 Å². The molecule has 90 valence electrons. The van der Waals surface area contributed by atoms with Crippen LogP contribution in [0.3, 0.4) is 0 Å². The Morgan fingerprint density at radius 3 is 2.82 bits per heavy atom. The number of ketones is 1. The van der Waals surface area contributed by atoms with Crippen molar-refractivity contribution in [1.82, 2.24) is 5.32 Å². The Kier molecular flexibility index (Phi) is 4.34. The van der Waals surface area contributed by atoms with Crippen molar-refractivity contribution >= 4 is 23.8 Å². The van der Waals surface area contributed by atoms with Gasteiger partial charge in [0, 0.05) is 23.8 Å². The van der Waals surface area contributed by atoms with Crippen LogP contribution in [0, 0.1) is 0 Å². The first-order chi connectivity index (χ1) is 8.29. The lowest BCUT2D eigenvalue weighted by molar-refractivity contribution is -0.107. The van der Waals surface area contributed by atoms with Crippen molar-refractivity contribution < 1.29 is 9.59 Å². The second-order valence-electron chi connectivity index (χ2n) is 4.05. The van der Waals surface area contributed by atoms with Crippen LogP contribution in [0.25, 0.3) is 0 Å². The van der Waals surface area contributed by atoms with Gasteiger partial charge >= 0.3 is 0 Å². The fraction of sp³-hybridized carbons (Fsp3) is 0.385. The van der Waals surface area contributed by atoms with Crippen LogP contribution < -0.4 is 5.32 Å². The molecule has 0 spiro atoms. The van der Waals surface area contributed by atoms with Crippen molar-refractivity contribution in [2.24, 2.45) is 0 Å². The van der Waals surface area contributed by atoms with Crippen LogP contribution in [0.2, 0.25) is 0 Å². The maximum atomic E-state index is 11.9. The molecule has 1 aromatic carbocycles. The largest absolute Gasteiger partial charge is 0.301 e. The fourth-order valence-corrected chi connectivity index (χ4v) is 2.98. The van der Waals surface area contributed by atoms with Gasteiger partial charge in [-0.05, 0) is 6.42 Å². The van der Waals surface area contributed by atoms with Crippen molar-refractivity contribution in [3.05, 3.63) is 35.9 Å². The van der Waals surface area contributed by atoms with E-state index in [9.17, 15) is 9.59 Å². The standard InChI is InChI=1S/C13H15NO2S/c15-9-13-14-8-11(17-13)6-7-12(16)10-4-2-1-3-5-10/h1-5,9,11,13-14H,6-8H2. The van der Waals surface area contributed by atoms with Gasteiger partial charge in [0.15, 0.2) is 5.78 Å². The van der Waals surface area contributed by atoms with E-state index in [0.29, 0.717) is 11.7 Å². The van der Waals surface area contributed by atoms with Gasteiger partial charge in [0.1, 0.15) is 11.7 Å². The van der Waals surface area contributed by atoms with Gasteiger partial charge in [0.2, 0.25) is 0 Å². The monoisotopic (exact) mass is 249 g/mol. The molecule has 0 saturated carbocycles. The van der Waals surface area contributed by atoms with Crippen LogP contribution in [0.15, 0.2) is 30.3 Å². The molecular formula is C13H15NO2S.